The van der Waals surface area contributed by atoms with Crippen molar-refractivity contribution >= 4 is 62.5 Å². The first-order valence-corrected chi connectivity index (χ1v) is 8.43. The molecule has 2 heterocycles. The van der Waals surface area contributed by atoms with Crippen LogP contribution in [0.5, 0.6) is 0 Å². The average Bonchev–Trinajstić information content (AvgIpc) is 2.90. The van der Waals surface area contributed by atoms with Gasteiger partial charge in [0.05, 0.1) is 17.7 Å². The van der Waals surface area contributed by atoms with Crippen molar-refractivity contribution < 1.29 is 18.3 Å². The number of nitrogens with one attached hydrogen (secondary N) is 1. The molecule has 8 heteroatoms. The topological polar surface area (TPSA) is 64.4 Å². The van der Waals surface area contributed by atoms with Crippen molar-refractivity contribution in [1.82, 2.24) is 4.98 Å². The Labute approximate surface area is 155 Å². The Bertz CT molecular complexity index is 929. The maximum absolute atomic E-state index is 14.2. The zero-order valence-corrected chi connectivity index (χ0v) is 15.3. The summed E-state index contributed by atoms with van der Waals surface area (Å²) in [6, 6.07) is 6.24. The number of benzene rings is 1. The summed E-state index contributed by atoms with van der Waals surface area (Å²) in [6.07, 6.45) is 1.46. The molecule has 0 bridgehead atoms. The standard InChI is InChI=1S/C16H11ClFIN2O3/c1-2-23-16(22)14-13(12-11(24-14)5-6-20-15(12)17)21-10-4-3-8(19)7-9(10)18/h3-7,21H,2H2,1H3. The van der Waals surface area contributed by atoms with Gasteiger partial charge in [-0.15, -0.1) is 0 Å². The molecule has 0 aliphatic carbocycles. The molecule has 0 aliphatic heterocycles. The maximum Gasteiger partial charge on any atom is 0.376 e. The molecule has 0 unspecified atom stereocenters. The SMILES string of the molecule is CCOC(=O)c1oc2ccnc(Cl)c2c1Nc1ccc(I)cc1F. The van der Waals surface area contributed by atoms with Crippen LogP contribution in [0.4, 0.5) is 15.8 Å². The number of esters is 1. The molecule has 0 spiro atoms. The second-order valence-corrected chi connectivity index (χ2v) is 6.35. The Morgan fingerprint density at radius 2 is 2.25 bits per heavy atom. The number of pyridine rings is 1. The molecule has 0 atom stereocenters. The third kappa shape index (κ3) is 3.18. The molecule has 0 saturated carbocycles. The van der Waals surface area contributed by atoms with E-state index in [0.717, 1.165) is 3.57 Å². The van der Waals surface area contributed by atoms with Crippen LogP contribution in [0, 0.1) is 9.39 Å². The Balaban J connectivity index is 2.16. The first-order chi connectivity index (χ1) is 11.5. The first-order valence-electron chi connectivity index (χ1n) is 6.97. The summed E-state index contributed by atoms with van der Waals surface area (Å²) in [5, 5.41) is 3.40. The van der Waals surface area contributed by atoms with E-state index in [1.165, 1.54) is 12.3 Å². The number of ether oxygens (including phenoxy) is 1. The predicted molar refractivity (Wildman–Crippen MR) is 97.4 cm³/mol. The van der Waals surface area contributed by atoms with Gasteiger partial charge < -0.3 is 14.5 Å². The zero-order valence-electron chi connectivity index (χ0n) is 12.4. The van der Waals surface area contributed by atoms with Crippen LogP contribution in [0.15, 0.2) is 34.9 Å². The lowest BCUT2D eigenvalue weighted by Gasteiger charge is -2.08. The molecule has 0 amide bonds. The summed E-state index contributed by atoms with van der Waals surface area (Å²) >= 11 is 8.14. The smallest absolute Gasteiger partial charge is 0.376 e. The highest BCUT2D eigenvalue weighted by molar-refractivity contribution is 14.1. The molecule has 0 radical (unpaired) electrons. The van der Waals surface area contributed by atoms with Crippen molar-refractivity contribution in [2.75, 3.05) is 11.9 Å². The van der Waals surface area contributed by atoms with E-state index in [4.69, 9.17) is 20.8 Å². The number of furan rings is 1. The molecular formula is C16H11ClFIN2O3. The molecule has 0 saturated heterocycles. The molecule has 3 aromatic rings. The number of anilines is 2. The number of aromatic nitrogens is 1. The molecule has 124 valence electrons. The number of carbonyl (C=O) groups excluding carboxylic acids is 1. The normalized spacial score (nSPS) is 10.8. The van der Waals surface area contributed by atoms with Crippen LogP contribution in [-0.2, 0) is 4.74 Å². The van der Waals surface area contributed by atoms with Gasteiger partial charge in [0.25, 0.3) is 0 Å². The van der Waals surface area contributed by atoms with Gasteiger partial charge in [-0.05, 0) is 53.8 Å². The summed E-state index contributed by atoms with van der Waals surface area (Å²) in [5.41, 5.74) is 0.761. The van der Waals surface area contributed by atoms with E-state index in [0.29, 0.717) is 11.0 Å². The van der Waals surface area contributed by atoms with Crippen molar-refractivity contribution in [3.8, 4) is 0 Å². The van der Waals surface area contributed by atoms with Gasteiger partial charge in [0, 0.05) is 9.77 Å². The van der Waals surface area contributed by atoms with E-state index in [9.17, 15) is 9.18 Å². The molecule has 0 fully saturated rings. The molecule has 1 N–H and O–H groups in total. The fraction of sp³-hybridized carbons (Fsp3) is 0.125. The Morgan fingerprint density at radius 3 is 2.96 bits per heavy atom. The van der Waals surface area contributed by atoms with E-state index >= 15 is 0 Å². The highest BCUT2D eigenvalue weighted by Crippen LogP contribution is 2.37. The second kappa shape index (κ2) is 6.94. The van der Waals surface area contributed by atoms with E-state index in [1.54, 1.807) is 25.1 Å². The Kier molecular flexibility index (Phi) is 4.91. The van der Waals surface area contributed by atoms with E-state index in [2.05, 4.69) is 10.3 Å². The van der Waals surface area contributed by atoms with Crippen LogP contribution in [0.1, 0.15) is 17.5 Å². The Morgan fingerprint density at radius 1 is 1.46 bits per heavy atom. The third-order valence-corrected chi connectivity index (χ3v) is 4.16. The molecular weight excluding hydrogens is 450 g/mol. The lowest BCUT2D eigenvalue weighted by atomic mass is 10.2. The van der Waals surface area contributed by atoms with Crippen molar-refractivity contribution in [3.63, 3.8) is 0 Å². The average molecular weight is 461 g/mol. The van der Waals surface area contributed by atoms with Gasteiger partial charge in [-0.25, -0.2) is 14.2 Å². The molecule has 1 aromatic carbocycles. The number of rotatable bonds is 4. The van der Waals surface area contributed by atoms with Crippen LogP contribution in [-0.4, -0.2) is 17.6 Å². The van der Waals surface area contributed by atoms with E-state index in [1.807, 2.05) is 22.6 Å². The van der Waals surface area contributed by atoms with Crippen molar-refractivity contribution in [3.05, 3.63) is 50.8 Å². The van der Waals surface area contributed by atoms with Gasteiger partial charge in [-0.2, -0.15) is 0 Å². The lowest BCUT2D eigenvalue weighted by molar-refractivity contribution is 0.0494. The fourth-order valence-corrected chi connectivity index (χ4v) is 2.89. The fourth-order valence-electron chi connectivity index (χ4n) is 2.19. The minimum Gasteiger partial charge on any atom is -0.460 e. The summed E-state index contributed by atoms with van der Waals surface area (Å²) in [6.45, 7) is 1.86. The number of carbonyl (C=O) groups is 1. The number of hydrogen-bond donors (Lipinski definition) is 1. The summed E-state index contributed by atoms with van der Waals surface area (Å²) in [7, 11) is 0. The minimum absolute atomic E-state index is 0.0836. The first kappa shape index (κ1) is 17.0. The monoisotopic (exact) mass is 460 g/mol. The van der Waals surface area contributed by atoms with Gasteiger partial charge >= 0.3 is 5.97 Å². The van der Waals surface area contributed by atoms with Gasteiger partial charge in [0.1, 0.15) is 22.2 Å². The number of halogens is 3. The summed E-state index contributed by atoms with van der Waals surface area (Å²) in [4.78, 5) is 16.1. The van der Waals surface area contributed by atoms with Crippen LogP contribution in [0.3, 0.4) is 0 Å². The number of fused-ring (bicyclic) bond motifs is 1. The van der Waals surface area contributed by atoms with E-state index < -0.39 is 11.8 Å². The molecule has 0 aliphatic rings. The molecule has 5 nitrogen and oxygen atoms in total. The van der Waals surface area contributed by atoms with Crippen molar-refractivity contribution in [1.29, 1.82) is 0 Å². The van der Waals surface area contributed by atoms with Crippen molar-refractivity contribution in [2.45, 2.75) is 6.92 Å². The second-order valence-electron chi connectivity index (χ2n) is 4.75. The molecule has 3 rings (SSSR count). The number of hydrogen-bond acceptors (Lipinski definition) is 5. The summed E-state index contributed by atoms with van der Waals surface area (Å²) in [5.74, 6) is -1.22. The highest BCUT2D eigenvalue weighted by atomic mass is 127. The number of nitrogens with zero attached hydrogens (tertiary/aromatic N) is 1. The molecule has 24 heavy (non-hydrogen) atoms. The van der Waals surface area contributed by atoms with Gasteiger partial charge in [0.2, 0.25) is 5.76 Å². The van der Waals surface area contributed by atoms with Crippen LogP contribution >= 0.6 is 34.2 Å². The zero-order chi connectivity index (χ0) is 17.3. The van der Waals surface area contributed by atoms with Crippen LogP contribution in [0.25, 0.3) is 11.0 Å². The lowest BCUT2D eigenvalue weighted by Crippen LogP contribution is -2.06. The van der Waals surface area contributed by atoms with Gasteiger partial charge in [-0.1, -0.05) is 11.6 Å². The van der Waals surface area contributed by atoms with E-state index in [-0.39, 0.29) is 28.9 Å². The summed E-state index contributed by atoms with van der Waals surface area (Å²) < 4.78 is 25.4. The minimum atomic E-state index is -0.668. The van der Waals surface area contributed by atoms with Crippen LogP contribution < -0.4 is 5.32 Å². The van der Waals surface area contributed by atoms with Gasteiger partial charge in [-0.3, -0.25) is 0 Å². The molecule has 2 aromatic heterocycles. The quantitative estimate of drug-likeness (QED) is 0.332. The van der Waals surface area contributed by atoms with Crippen LogP contribution in [0.2, 0.25) is 5.15 Å². The van der Waals surface area contributed by atoms with Gasteiger partial charge in [0.15, 0.2) is 0 Å². The van der Waals surface area contributed by atoms with Crippen molar-refractivity contribution in [2.24, 2.45) is 0 Å². The predicted octanol–water partition coefficient (Wildman–Crippen LogP) is 5.15. The largest absolute Gasteiger partial charge is 0.460 e. The highest BCUT2D eigenvalue weighted by Gasteiger charge is 2.24. The Hall–Kier alpha value is -1.87. The third-order valence-electron chi connectivity index (χ3n) is 3.21. The maximum atomic E-state index is 14.2.